The van der Waals surface area contributed by atoms with Crippen LogP contribution in [0.4, 0.5) is 0 Å². The lowest BCUT2D eigenvalue weighted by molar-refractivity contribution is 0.818. The highest BCUT2D eigenvalue weighted by Gasteiger charge is 1.96. The number of halogens is 1. The molecular formula is C9H12IN3. The zero-order valence-electron chi connectivity index (χ0n) is 7.42. The van der Waals surface area contributed by atoms with Gasteiger partial charge in [-0.25, -0.2) is 0 Å². The average Bonchev–Trinajstić information content (AvgIpc) is 2.18. The van der Waals surface area contributed by atoms with Crippen LogP contribution in [0, 0.1) is 0 Å². The molecule has 0 aliphatic carbocycles. The van der Waals surface area contributed by atoms with Crippen molar-refractivity contribution in [2.45, 2.75) is 6.54 Å². The van der Waals surface area contributed by atoms with E-state index in [2.05, 4.69) is 8.52 Å². The molecule has 0 heterocycles. The van der Waals surface area contributed by atoms with E-state index >= 15 is 0 Å². The molecule has 13 heavy (non-hydrogen) atoms. The van der Waals surface area contributed by atoms with E-state index < -0.39 is 0 Å². The summed E-state index contributed by atoms with van der Waals surface area (Å²) in [5.41, 5.74) is 7.86. The fraction of sp³-hybridized carbons (Fsp3) is 0.222. The smallest absolute Gasteiger partial charge is 0.137 e. The Labute approximate surface area is 91.9 Å². The fourth-order valence-corrected chi connectivity index (χ4v) is 1.32. The number of amidine groups is 1. The molecule has 0 bridgehead atoms. The Bertz CT molecular complexity index is 292. The Hall–Kier alpha value is -0.620. The van der Waals surface area contributed by atoms with Crippen molar-refractivity contribution in [1.29, 1.82) is 0 Å². The molecule has 1 aromatic rings. The van der Waals surface area contributed by atoms with E-state index in [1.54, 1.807) is 0 Å². The van der Waals surface area contributed by atoms with Crippen molar-refractivity contribution in [2.24, 2.45) is 8.94 Å². The summed E-state index contributed by atoms with van der Waals surface area (Å²) in [7, 11) is 1.93. The summed E-state index contributed by atoms with van der Waals surface area (Å²) in [5, 5.41) is 3.08. The van der Waals surface area contributed by atoms with Gasteiger partial charge in [0.25, 0.3) is 0 Å². The predicted molar refractivity (Wildman–Crippen MR) is 64.0 cm³/mol. The van der Waals surface area contributed by atoms with Crippen LogP contribution in [-0.2, 0) is 6.54 Å². The number of hydrogen-bond acceptors (Lipinski definition) is 2. The van der Waals surface area contributed by atoms with E-state index in [1.807, 2.05) is 54.2 Å². The van der Waals surface area contributed by atoms with Crippen molar-refractivity contribution < 1.29 is 0 Å². The molecule has 0 saturated heterocycles. The van der Waals surface area contributed by atoms with Crippen LogP contribution in [0.15, 0.2) is 27.5 Å². The van der Waals surface area contributed by atoms with Gasteiger partial charge >= 0.3 is 0 Å². The maximum absolute atomic E-state index is 5.65. The third-order valence-corrected chi connectivity index (χ3v) is 2.24. The van der Waals surface area contributed by atoms with Crippen LogP contribution in [0.1, 0.15) is 11.1 Å². The van der Waals surface area contributed by atoms with Gasteiger partial charge in [-0.1, -0.05) is 24.3 Å². The van der Waals surface area contributed by atoms with Gasteiger partial charge in [-0.3, -0.25) is 0 Å². The van der Waals surface area contributed by atoms with Crippen molar-refractivity contribution in [2.75, 3.05) is 7.05 Å². The third-order valence-electron chi connectivity index (χ3n) is 1.72. The van der Waals surface area contributed by atoms with Gasteiger partial charge in [0.05, 0.1) is 22.9 Å². The van der Waals surface area contributed by atoms with Crippen molar-refractivity contribution >= 4 is 28.7 Å². The Balaban J connectivity index is 2.81. The quantitative estimate of drug-likeness (QED) is 0.503. The molecule has 4 heteroatoms. The van der Waals surface area contributed by atoms with Gasteiger partial charge in [0, 0.05) is 12.1 Å². The van der Waals surface area contributed by atoms with Crippen molar-refractivity contribution in [3.8, 4) is 0 Å². The Kier molecular flexibility index (Phi) is 4.17. The Morgan fingerprint density at radius 3 is 2.54 bits per heavy atom. The molecule has 0 spiro atoms. The van der Waals surface area contributed by atoms with E-state index in [-0.39, 0.29) is 0 Å². The minimum Gasteiger partial charge on any atom is -0.383 e. The average molecular weight is 289 g/mol. The molecule has 3 N–H and O–H groups in total. The summed E-state index contributed by atoms with van der Waals surface area (Å²) in [6, 6.07) is 8.04. The van der Waals surface area contributed by atoms with Gasteiger partial charge in [-0.2, -0.15) is 3.21 Å². The lowest BCUT2D eigenvalue weighted by atomic mass is 10.1. The summed E-state index contributed by atoms with van der Waals surface area (Å²) in [6.07, 6.45) is 0. The summed E-state index contributed by atoms with van der Waals surface area (Å²) in [5.74, 6) is 0.566. The molecule has 1 aromatic carbocycles. The molecule has 3 nitrogen and oxygen atoms in total. The Morgan fingerprint density at radius 2 is 2.08 bits per heavy atom. The van der Waals surface area contributed by atoms with Gasteiger partial charge in [0.2, 0.25) is 0 Å². The van der Waals surface area contributed by atoms with Crippen LogP contribution in [-0.4, -0.2) is 12.9 Å². The monoisotopic (exact) mass is 289 g/mol. The highest BCUT2D eigenvalue weighted by atomic mass is 127. The van der Waals surface area contributed by atoms with Gasteiger partial charge in [-0.15, -0.1) is 0 Å². The SMILES string of the molecule is CNCc1ccc(C(N)=NI)cc1. The molecule has 0 aliphatic heterocycles. The molecule has 0 saturated carbocycles. The molecule has 0 fully saturated rings. The first kappa shape index (κ1) is 10.5. The second-order valence-electron chi connectivity index (χ2n) is 2.70. The van der Waals surface area contributed by atoms with E-state index in [1.165, 1.54) is 5.56 Å². The van der Waals surface area contributed by atoms with Crippen molar-refractivity contribution in [3.63, 3.8) is 0 Å². The van der Waals surface area contributed by atoms with Crippen LogP contribution in [0.5, 0.6) is 0 Å². The van der Waals surface area contributed by atoms with E-state index in [4.69, 9.17) is 5.73 Å². The van der Waals surface area contributed by atoms with Gasteiger partial charge in [0.1, 0.15) is 5.84 Å². The molecular weight excluding hydrogens is 277 g/mol. The number of rotatable bonds is 3. The number of benzene rings is 1. The summed E-state index contributed by atoms with van der Waals surface area (Å²) in [6.45, 7) is 0.877. The van der Waals surface area contributed by atoms with E-state index in [0.717, 1.165) is 12.1 Å². The van der Waals surface area contributed by atoms with Crippen molar-refractivity contribution in [3.05, 3.63) is 35.4 Å². The van der Waals surface area contributed by atoms with Gasteiger partial charge < -0.3 is 11.1 Å². The lowest BCUT2D eigenvalue weighted by Gasteiger charge is -2.01. The first-order valence-corrected chi connectivity index (χ1v) is 4.92. The van der Waals surface area contributed by atoms with Gasteiger partial charge in [0.15, 0.2) is 0 Å². The van der Waals surface area contributed by atoms with E-state index in [9.17, 15) is 0 Å². The van der Waals surface area contributed by atoms with Crippen LogP contribution < -0.4 is 11.1 Å². The Morgan fingerprint density at radius 1 is 1.46 bits per heavy atom. The molecule has 1 rings (SSSR count). The second kappa shape index (κ2) is 5.18. The normalized spacial score (nSPS) is 11.7. The summed E-state index contributed by atoms with van der Waals surface area (Å²) in [4.78, 5) is 0. The third kappa shape index (κ3) is 2.96. The van der Waals surface area contributed by atoms with Crippen LogP contribution in [0.3, 0.4) is 0 Å². The second-order valence-corrected chi connectivity index (χ2v) is 3.18. The molecule has 0 amide bonds. The lowest BCUT2D eigenvalue weighted by Crippen LogP contribution is -2.12. The number of nitrogens with zero attached hydrogens (tertiary/aromatic N) is 1. The van der Waals surface area contributed by atoms with E-state index in [0.29, 0.717) is 5.84 Å². The minimum atomic E-state index is 0.566. The molecule has 0 unspecified atom stereocenters. The topological polar surface area (TPSA) is 50.4 Å². The maximum Gasteiger partial charge on any atom is 0.137 e. The summed E-state index contributed by atoms with van der Waals surface area (Å²) < 4.78 is 3.88. The zero-order chi connectivity index (χ0) is 9.68. The highest BCUT2D eigenvalue weighted by Crippen LogP contribution is 2.04. The summed E-state index contributed by atoms with van der Waals surface area (Å²) >= 11 is 1.89. The number of nitrogens with one attached hydrogen (secondary N) is 1. The largest absolute Gasteiger partial charge is 0.383 e. The van der Waals surface area contributed by atoms with Crippen molar-refractivity contribution in [1.82, 2.24) is 5.32 Å². The zero-order valence-corrected chi connectivity index (χ0v) is 9.58. The maximum atomic E-state index is 5.65. The first-order valence-electron chi connectivity index (χ1n) is 3.96. The predicted octanol–water partition coefficient (Wildman–Crippen LogP) is 1.46. The molecule has 70 valence electrons. The highest BCUT2D eigenvalue weighted by molar-refractivity contribution is 14.1. The fourth-order valence-electron chi connectivity index (χ4n) is 1.05. The van der Waals surface area contributed by atoms with Gasteiger partial charge in [-0.05, 0) is 12.6 Å². The molecule has 0 aliphatic rings. The number of hydrogen-bond donors (Lipinski definition) is 2. The number of nitrogens with two attached hydrogens (primary N) is 1. The minimum absolute atomic E-state index is 0.566. The van der Waals surface area contributed by atoms with Crippen LogP contribution >= 0.6 is 22.9 Å². The molecule has 0 aromatic heterocycles. The van der Waals surface area contributed by atoms with Crippen LogP contribution in [0.2, 0.25) is 0 Å². The molecule has 0 atom stereocenters. The van der Waals surface area contributed by atoms with Crippen LogP contribution in [0.25, 0.3) is 0 Å². The first-order chi connectivity index (χ1) is 6.27. The molecule has 0 radical (unpaired) electrons. The standard InChI is InChI=1S/C9H12IN3/c1-12-6-7-2-4-8(5-3-7)9(11)13-10/h2-5,12H,6H2,1H3,(H2,11,13).